The number of amides is 2. The number of rotatable bonds is 4. The third-order valence-electron chi connectivity index (χ3n) is 3.45. The molecule has 0 aromatic heterocycles. The molecule has 0 radical (unpaired) electrons. The van der Waals surface area contributed by atoms with Gasteiger partial charge in [-0.1, -0.05) is 11.6 Å². The molecule has 0 N–H and O–H groups in total. The minimum absolute atomic E-state index is 0.0921. The van der Waals surface area contributed by atoms with E-state index in [0.29, 0.717) is 10.6 Å². The number of carbonyl (C=O) groups is 2. The Labute approximate surface area is 137 Å². The molecule has 0 unspecified atom stereocenters. The lowest BCUT2D eigenvalue weighted by atomic mass is 10.1. The van der Waals surface area contributed by atoms with E-state index in [1.165, 1.54) is 30.1 Å². The van der Waals surface area contributed by atoms with Gasteiger partial charge < -0.3 is 4.90 Å². The van der Waals surface area contributed by atoms with E-state index in [4.69, 9.17) is 11.6 Å². The lowest BCUT2D eigenvalue weighted by Crippen LogP contribution is -2.38. The van der Waals surface area contributed by atoms with Crippen molar-refractivity contribution in [2.24, 2.45) is 5.10 Å². The lowest BCUT2D eigenvalue weighted by Gasteiger charge is -2.23. The van der Waals surface area contributed by atoms with Crippen molar-refractivity contribution < 1.29 is 14.5 Å². The van der Waals surface area contributed by atoms with Crippen molar-refractivity contribution in [1.29, 1.82) is 0 Å². The van der Waals surface area contributed by atoms with Crippen LogP contribution in [0.4, 0.5) is 5.69 Å². The second kappa shape index (κ2) is 6.74. The van der Waals surface area contributed by atoms with Crippen LogP contribution < -0.4 is 0 Å². The van der Waals surface area contributed by atoms with Gasteiger partial charge in [-0.25, -0.2) is 5.01 Å². The van der Waals surface area contributed by atoms with E-state index < -0.39 is 4.92 Å². The van der Waals surface area contributed by atoms with Crippen LogP contribution in [0, 0.1) is 10.1 Å². The first kappa shape index (κ1) is 16.9. The van der Waals surface area contributed by atoms with Crippen molar-refractivity contribution in [2.45, 2.75) is 19.4 Å². The summed E-state index contributed by atoms with van der Waals surface area (Å²) in [6.07, 6.45) is 0.501. The summed E-state index contributed by atoms with van der Waals surface area (Å²) in [6, 6.07) is 4.07. The number of nitro benzene ring substituents is 1. The summed E-state index contributed by atoms with van der Waals surface area (Å²) in [5.41, 5.74) is 0.652. The number of non-ortho nitro benzene ring substituents is 1. The van der Waals surface area contributed by atoms with Gasteiger partial charge in [-0.3, -0.25) is 19.7 Å². The summed E-state index contributed by atoms with van der Waals surface area (Å²) in [6.45, 7) is 0.107. The van der Waals surface area contributed by atoms with Crippen LogP contribution in [0.3, 0.4) is 0 Å². The van der Waals surface area contributed by atoms with Gasteiger partial charge in [0.25, 0.3) is 11.6 Å². The standard InChI is InChI=1S/C14H15ClN4O4/c1-17(14(21)12-5-6-13(20)18(2)16-12)8-9-7-10(19(22)23)3-4-11(9)15/h3-4,7H,5-6,8H2,1-2H3. The molecule has 8 nitrogen and oxygen atoms in total. The number of carbonyl (C=O) groups excluding carboxylic acids is 2. The van der Waals surface area contributed by atoms with E-state index in [0.717, 1.165) is 5.01 Å². The summed E-state index contributed by atoms with van der Waals surface area (Å²) < 4.78 is 0. The van der Waals surface area contributed by atoms with E-state index in [9.17, 15) is 19.7 Å². The second-order valence-electron chi connectivity index (χ2n) is 5.16. The highest BCUT2D eigenvalue weighted by Crippen LogP contribution is 2.23. The summed E-state index contributed by atoms with van der Waals surface area (Å²) in [7, 11) is 3.04. The maximum Gasteiger partial charge on any atom is 0.270 e. The van der Waals surface area contributed by atoms with E-state index in [-0.39, 0.29) is 42.6 Å². The van der Waals surface area contributed by atoms with Crippen molar-refractivity contribution >= 4 is 34.8 Å². The zero-order valence-electron chi connectivity index (χ0n) is 12.7. The van der Waals surface area contributed by atoms with Gasteiger partial charge in [0.05, 0.1) is 4.92 Å². The molecule has 1 aromatic rings. The summed E-state index contributed by atoms with van der Waals surface area (Å²) >= 11 is 6.03. The molecule has 0 saturated carbocycles. The van der Waals surface area contributed by atoms with Gasteiger partial charge >= 0.3 is 0 Å². The van der Waals surface area contributed by atoms with Crippen LogP contribution in [0.1, 0.15) is 18.4 Å². The quantitative estimate of drug-likeness (QED) is 0.617. The number of benzene rings is 1. The van der Waals surface area contributed by atoms with Gasteiger partial charge in [0, 0.05) is 50.6 Å². The summed E-state index contributed by atoms with van der Waals surface area (Å²) in [4.78, 5) is 35.4. The number of hydrogen-bond acceptors (Lipinski definition) is 5. The number of halogens is 1. The number of nitro groups is 1. The van der Waals surface area contributed by atoms with Crippen molar-refractivity contribution in [3.8, 4) is 0 Å². The molecule has 2 rings (SSSR count). The highest BCUT2D eigenvalue weighted by Gasteiger charge is 2.25. The van der Waals surface area contributed by atoms with Gasteiger partial charge in [-0.05, 0) is 11.6 Å². The van der Waals surface area contributed by atoms with Crippen molar-refractivity contribution in [2.75, 3.05) is 14.1 Å². The molecule has 0 saturated heterocycles. The molecule has 1 heterocycles. The predicted octanol–water partition coefficient (Wildman–Crippen LogP) is 1.81. The molecule has 1 aromatic carbocycles. The molecule has 0 atom stereocenters. The van der Waals surface area contributed by atoms with Crippen molar-refractivity contribution in [3.05, 3.63) is 38.9 Å². The Morgan fingerprint density at radius 3 is 2.78 bits per heavy atom. The first-order valence-electron chi connectivity index (χ1n) is 6.82. The largest absolute Gasteiger partial charge is 0.336 e. The fourth-order valence-corrected chi connectivity index (χ4v) is 2.34. The molecular formula is C14H15ClN4O4. The third-order valence-corrected chi connectivity index (χ3v) is 3.82. The predicted molar refractivity (Wildman–Crippen MR) is 84.0 cm³/mol. The number of hydrazone groups is 1. The van der Waals surface area contributed by atoms with Gasteiger partial charge in [-0.2, -0.15) is 5.10 Å². The van der Waals surface area contributed by atoms with E-state index in [2.05, 4.69) is 5.10 Å². The Hall–Kier alpha value is -2.48. The van der Waals surface area contributed by atoms with E-state index >= 15 is 0 Å². The van der Waals surface area contributed by atoms with Crippen LogP contribution in [0.5, 0.6) is 0 Å². The Kier molecular flexibility index (Phi) is 4.95. The van der Waals surface area contributed by atoms with Gasteiger partial charge in [0.15, 0.2) is 0 Å². The Morgan fingerprint density at radius 2 is 2.17 bits per heavy atom. The molecular weight excluding hydrogens is 324 g/mol. The van der Waals surface area contributed by atoms with Crippen LogP contribution in [-0.2, 0) is 16.1 Å². The average Bonchev–Trinajstić information content (AvgIpc) is 2.51. The molecule has 0 aliphatic carbocycles. The highest BCUT2D eigenvalue weighted by atomic mass is 35.5. The molecule has 2 amide bonds. The molecule has 9 heteroatoms. The Bertz CT molecular complexity index is 704. The van der Waals surface area contributed by atoms with Crippen molar-refractivity contribution in [1.82, 2.24) is 9.91 Å². The molecule has 1 aliphatic heterocycles. The van der Waals surface area contributed by atoms with E-state index in [1.54, 1.807) is 7.05 Å². The maximum absolute atomic E-state index is 12.4. The third kappa shape index (κ3) is 3.84. The first-order valence-corrected chi connectivity index (χ1v) is 7.19. The Morgan fingerprint density at radius 1 is 1.48 bits per heavy atom. The van der Waals surface area contributed by atoms with Crippen LogP contribution in [0.25, 0.3) is 0 Å². The SMILES string of the molecule is CN(Cc1cc([N+](=O)[O-])ccc1Cl)C(=O)C1=NN(C)C(=O)CC1. The van der Waals surface area contributed by atoms with Gasteiger partial charge in [0.1, 0.15) is 5.71 Å². The smallest absolute Gasteiger partial charge is 0.270 e. The van der Waals surface area contributed by atoms with Gasteiger partial charge in [0.2, 0.25) is 5.91 Å². The fraction of sp³-hybridized carbons (Fsp3) is 0.357. The topological polar surface area (TPSA) is 96.1 Å². The maximum atomic E-state index is 12.4. The second-order valence-corrected chi connectivity index (χ2v) is 5.57. The van der Waals surface area contributed by atoms with Crippen molar-refractivity contribution in [3.63, 3.8) is 0 Å². The van der Waals surface area contributed by atoms with Gasteiger partial charge in [-0.15, -0.1) is 0 Å². The first-order chi connectivity index (χ1) is 10.8. The number of hydrogen-bond donors (Lipinski definition) is 0. The Balaban J connectivity index is 2.16. The monoisotopic (exact) mass is 338 g/mol. The average molecular weight is 339 g/mol. The molecule has 0 spiro atoms. The fourth-order valence-electron chi connectivity index (χ4n) is 2.17. The molecule has 0 bridgehead atoms. The van der Waals surface area contributed by atoms with Crippen LogP contribution >= 0.6 is 11.6 Å². The van der Waals surface area contributed by atoms with Crippen LogP contribution in [-0.4, -0.2) is 46.5 Å². The minimum atomic E-state index is -0.520. The summed E-state index contributed by atoms with van der Waals surface area (Å²) in [5.74, 6) is -0.488. The molecule has 1 aliphatic rings. The normalized spacial score (nSPS) is 14.5. The zero-order valence-corrected chi connectivity index (χ0v) is 13.4. The summed E-state index contributed by atoms with van der Waals surface area (Å²) in [5, 5.41) is 16.3. The molecule has 23 heavy (non-hydrogen) atoms. The number of nitrogens with zero attached hydrogens (tertiary/aromatic N) is 4. The molecule has 0 fully saturated rings. The lowest BCUT2D eigenvalue weighted by molar-refractivity contribution is -0.384. The highest BCUT2D eigenvalue weighted by molar-refractivity contribution is 6.39. The molecule has 122 valence electrons. The van der Waals surface area contributed by atoms with Crippen LogP contribution in [0.2, 0.25) is 5.02 Å². The zero-order chi connectivity index (χ0) is 17.1. The van der Waals surface area contributed by atoms with E-state index in [1.807, 2.05) is 0 Å². The minimum Gasteiger partial charge on any atom is -0.336 e. The van der Waals surface area contributed by atoms with Crippen LogP contribution in [0.15, 0.2) is 23.3 Å².